The maximum Gasteiger partial charge on any atom is 0.0555 e. The molecule has 3 nitrogen and oxygen atoms in total. The average Bonchev–Trinajstić information content (AvgIpc) is 2.54. The second-order valence-corrected chi connectivity index (χ2v) is 5.19. The second kappa shape index (κ2) is 5.50. The van der Waals surface area contributed by atoms with E-state index in [-0.39, 0.29) is 0 Å². The average molecular weight is 233 g/mol. The summed E-state index contributed by atoms with van der Waals surface area (Å²) in [6.07, 6.45) is 5.14. The van der Waals surface area contributed by atoms with Crippen LogP contribution >= 0.6 is 0 Å². The van der Waals surface area contributed by atoms with Crippen LogP contribution in [-0.4, -0.2) is 42.1 Å². The van der Waals surface area contributed by atoms with Crippen LogP contribution in [0.1, 0.15) is 25.8 Å². The van der Waals surface area contributed by atoms with Gasteiger partial charge in [-0.3, -0.25) is 9.88 Å². The maximum atomic E-state index is 4.29. The molecule has 2 heterocycles. The molecule has 0 N–H and O–H groups in total. The van der Waals surface area contributed by atoms with E-state index in [1.54, 1.807) is 0 Å². The molecule has 0 spiro atoms. The van der Waals surface area contributed by atoms with Crippen LogP contribution in [0.5, 0.6) is 0 Å². The number of rotatable bonds is 2. The third-order valence-electron chi connectivity index (χ3n) is 3.49. The highest BCUT2D eigenvalue weighted by Gasteiger charge is 2.16. The molecule has 1 aromatic heterocycles. The van der Waals surface area contributed by atoms with Gasteiger partial charge in [0, 0.05) is 38.4 Å². The summed E-state index contributed by atoms with van der Waals surface area (Å²) in [5, 5.41) is 0. The van der Waals surface area contributed by atoms with Crippen LogP contribution in [0.4, 0.5) is 5.69 Å². The first kappa shape index (κ1) is 12.4. The van der Waals surface area contributed by atoms with Crippen LogP contribution in [0, 0.1) is 6.92 Å². The van der Waals surface area contributed by atoms with Gasteiger partial charge in [0.1, 0.15) is 0 Å². The molecule has 0 amide bonds. The molecule has 1 saturated heterocycles. The summed E-state index contributed by atoms with van der Waals surface area (Å²) in [5.74, 6) is 0. The molecule has 0 saturated carbocycles. The van der Waals surface area contributed by atoms with Gasteiger partial charge in [-0.1, -0.05) is 0 Å². The molecule has 2 rings (SSSR count). The maximum absolute atomic E-state index is 4.29. The first-order valence-electron chi connectivity index (χ1n) is 6.57. The molecule has 0 aliphatic carbocycles. The van der Waals surface area contributed by atoms with Gasteiger partial charge in [-0.05, 0) is 38.8 Å². The molecular weight excluding hydrogens is 210 g/mol. The Labute approximate surface area is 104 Å². The quantitative estimate of drug-likeness (QED) is 0.781. The van der Waals surface area contributed by atoms with Gasteiger partial charge < -0.3 is 4.90 Å². The molecular formula is C14H23N3. The van der Waals surface area contributed by atoms with Crippen LogP contribution in [0.15, 0.2) is 18.5 Å². The number of aryl methyl sites for hydroxylation is 1. The Hall–Kier alpha value is -1.09. The fourth-order valence-corrected chi connectivity index (χ4v) is 2.42. The fourth-order valence-electron chi connectivity index (χ4n) is 2.42. The second-order valence-electron chi connectivity index (χ2n) is 5.19. The van der Waals surface area contributed by atoms with Crippen molar-refractivity contribution in [3.63, 3.8) is 0 Å². The third-order valence-corrected chi connectivity index (χ3v) is 3.49. The molecule has 1 fully saturated rings. The lowest BCUT2D eigenvalue weighted by Crippen LogP contribution is -2.35. The van der Waals surface area contributed by atoms with E-state index in [9.17, 15) is 0 Å². The monoisotopic (exact) mass is 233 g/mol. The van der Waals surface area contributed by atoms with Crippen molar-refractivity contribution in [3.8, 4) is 0 Å². The molecule has 3 heteroatoms. The van der Waals surface area contributed by atoms with Gasteiger partial charge in [0.25, 0.3) is 0 Å². The van der Waals surface area contributed by atoms with Gasteiger partial charge >= 0.3 is 0 Å². The first-order chi connectivity index (χ1) is 8.16. The molecule has 1 aliphatic rings. The van der Waals surface area contributed by atoms with Crippen LogP contribution in [0.25, 0.3) is 0 Å². The zero-order valence-electron chi connectivity index (χ0n) is 11.2. The Morgan fingerprint density at radius 2 is 1.94 bits per heavy atom. The minimum absolute atomic E-state index is 0.658. The number of aromatic nitrogens is 1. The van der Waals surface area contributed by atoms with Crippen LogP contribution in [0.3, 0.4) is 0 Å². The Morgan fingerprint density at radius 3 is 2.65 bits per heavy atom. The van der Waals surface area contributed by atoms with Crippen molar-refractivity contribution in [2.24, 2.45) is 0 Å². The van der Waals surface area contributed by atoms with Gasteiger partial charge in [-0.2, -0.15) is 0 Å². The molecule has 0 bridgehead atoms. The molecule has 1 aromatic rings. The Bertz CT molecular complexity index is 362. The van der Waals surface area contributed by atoms with Gasteiger partial charge in [-0.15, -0.1) is 0 Å². The van der Waals surface area contributed by atoms with Gasteiger partial charge in [0.15, 0.2) is 0 Å². The SMILES string of the molecule is Cc1cncc(N2CCCN(C(C)C)CC2)c1. The van der Waals surface area contributed by atoms with E-state index in [0.29, 0.717) is 6.04 Å². The van der Waals surface area contributed by atoms with Crippen molar-refractivity contribution < 1.29 is 0 Å². The lowest BCUT2D eigenvalue weighted by atomic mass is 10.2. The summed E-state index contributed by atoms with van der Waals surface area (Å²) in [7, 11) is 0. The molecule has 94 valence electrons. The Kier molecular flexibility index (Phi) is 4.00. The molecule has 0 unspecified atom stereocenters. The topological polar surface area (TPSA) is 19.4 Å². The van der Waals surface area contributed by atoms with Gasteiger partial charge in [0.05, 0.1) is 11.9 Å². The summed E-state index contributed by atoms with van der Waals surface area (Å²) < 4.78 is 0. The number of hydrogen-bond acceptors (Lipinski definition) is 3. The lowest BCUT2D eigenvalue weighted by molar-refractivity contribution is 0.238. The number of hydrogen-bond donors (Lipinski definition) is 0. The van der Waals surface area contributed by atoms with Crippen molar-refractivity contribution in [1.82, 2.24) is 9.88 Å². The van der Waals surface area contributed by atoms with E-state index in [0.717, 1.165) is 19.6 Å². The minimum Gasteiger partial charge on any atom is -0.369 e. The minimum atomic E-state index is 0.658. The molecule has 17 heavy (non-hydrogen) atoms. The summed E-state index contributed by atoms with van der Waals surface area (Å²) in [6, 6.07) is 2.89. The highest BCUT2D eigenvalue weighted by molar-refractivity contribution is 5.46. The summed E-state index contributed by atoms with van der Waals surface area (Å²) >= 11 is 0. The highest BCUT2D eigenvalue weighted by atomic mass is 15.2. The Balaban J connectivity index is 2.04. The van der Waals surface area contributed by atoms with E-state index in [2.05, 4.69) is 41.6 Å². The van der Waals surface area contributed by atoms with Crippen LogP contribution in [0.2, 0.25) is 0 Å². The predicted molar refractivity (Wildman–Crippen MR) is 72.5 cm³/mol. The summed E-state index contributed by atoms with van der Waals surface area (Å²) in [4.78, 5) is 9.31. The van der Waals surface area contributed by atoms with Gasteiger partial charge in [0.2, 0.25) is 0 Å². The van der Waals surface area contributed by atoms with Crippen molar-refractivity contribution in [1.29, 1.82) is 0 Å². The molecule has 1 aliphatic heterocycles. The standard InChI is InChI=1S/C14H23N3/c1-12(2)16-5-4-6-17(8-7-16)14-9-13(3)10-15-11-14/h9-12H,4-8H2,1-3H3. The van der Waals surface area contributed by atoms with Crippen LogP contribution < -0.4 is 4.90 Å². The summed E-state index contributed by atoms with van der Waals surface area (Å²) in [6.45, 7) is 11.3. The number of pyridine rings is 1. The van der Waals surface area contributed by atoms with Crippen molar-refractivity contribution in [2.75, 3.05) is 31.1 Å². The van der Waals surface area contributed by atoms with Crippen LogP contribution in [-0.2, 0) is 0 Å². The highest BCUT2D eigenvalue weighted by Crippen LogP contribution is 2.17. The van der Waals surface area contributed by atoms with Crippen molar-refractivity contribution >= 4 is 5.69 Å². The molecule has 0 radical (unpaired) electrons. The largest absolute Gasteiger partial charge is 0.369 e. The van der Waals surface area contributed by atoms with Crippen molar-refractivity contribution in [2.45, 2.75) is 33.2 Å². The fraction of sp³-hybridized carbons (Fsp3) is 0.643. The molecule has 0 atom stereocenters. The third kappa shape index (κ3) is 3.19. The zero-order valence-corrected chi connectivity index (χ0v) is 11.2. The smallest absolute Gasteiger partial charge is 0.0555 e. The van der Waals surface area contributed by atoms with E-state index in [1.165, 1.54) is 24.2 Å². The molecule has 0 aromatic carbocycles. The Morgan fingerprint density at radius 1 is 1.12 bits per heavy atom. The predicted octanol–water partition coefficient (Wildman–Crippen LogP) is 2.31. The lowest BCUT2D eigenvalue weighted by Gasteiger charge is -2.25. The normalized spacial score (nSPS) is 18.5. The van der Waals surface area contributed by atoms with Gasteiger partial charge in [-0.25, -0.2) is 0 Å². The number of anilines is 1. The van der Waals surface area contributed by atoms with Crippen molar-refractivity contribution in [3.05, 3.63) is 24.0 Å². The van der Waals surface area contributed by atoms with E-state index in [1.807, 2.05) is 12.4 Å². The number of nitrogens with zero attached hydrogens (tertiary/aromatic N) is 3. The zero-order chi connectivity index (χ0) is 12.3. The van der Waals surface area contributed by atoms with E-state index in [4.69, 9.17) is 0 Å². The van der Waals surface area contributed by atoms with E-state index >= 15 is 0 Å². The van der Waals surface area contributed by atoms with E-state index < -0.39 is 0 Å². The summed E-state index contributed by atoms with van der Waals surface area (Å²) in [5.41, 5.74) is 2.52. The first-order valence-corrected chi connectivity index (χ1v) is 6.57.